The normalized spacial score (nSPS) is 11.9. The van der Waals surface area contributed by atoms with Gasteiger partial charge in [-0.2, -0.15) is 0 Å². The summed E-state index contributed by atoms with van der Waals surface area (Å²) in [6, 6.07) is 24.1. The third-order valence-corrected chi connectivity index (χ3v) is 6.99. The van der Waals surface area contributed by atoms with E-state index >= 15 is 0 Å². The lowest BCUT2D eigenvalue weighted by atomic mass is 9.98. The van der Waals surface area contributed by atoms with E-state index in [-0.39, 0.29) is 16.9 Å². The Morgan fingerprint density at radius 3 is 2.50 bits per heavy atom. The van der Waals surface area contributed by atoms with Crippen molar-refractivity contribution in [1.82, 2.24) is 24.8 Å². The summed E-state index contributed by atoms with van der Waals surface area (Å²) in [5.74, 6) is -0.331. The van der Waals surface area contributed by atoms with Gasteiger partial charge in [0.15, 0.2) is 0 Å². The molecule has 0 aliphatic rings. The second-order valence-corrected chi connectivity index (χ2v) is 9.66. The van der Waals surface area contributed by atoms with Gasteiger partial charge in [-0.25, -0.2) is 4.98 Å². The van der Waals surface area contributed by atoms with Gasteiger partial charge in [0, 0.05) is 41.1 Å². The van der Waals surface area contributed by atoms with Crippen LogP contribution in [0.2, 0.25) is 0 Å². The van der Waals surface area contributed by atoms with Crippen LogP contribution in [0.25, 0.3) is 38.5 Å². The molecule has 0 aliphatic carbocycles. The zero-order chi connectivity index (χ0) is 27.8. The summed E-state index contributed by atoms with van der Waals surface area (Å²) in [6.45, 7) is 3.77. The van der Waals surface area contributed by atoms with Gasteiger partial charge in [0.2, 0.25) is 0 Å². The third kappa shape index (κ3) is 4.35. The molecule has 196 valence electrons. The quantitative estimate of drug-likeness (QED) is 0.312. The fourth-order valence-corrected chi connectivity index (χ4v) is 5.12. The van der Waals surface area contributed by atoms with Crippen LogP contribution in [-0.2, 0) is 0 Å². The molecule has 6 aromatic rings. The fourth-order valence-electron chi connectivity index (χ4n) is 5.12. The number of nitrogens with one attached hydrogen (secondary N) is 1. The number of nitrogen functional groups attached to an aromatic ring is 1. The Kier molecular flexibility index (Phi) is 6.28. The Bertz CT molecular complexity index is 1970. The lowest BCUT2D eigenvalue weighted by Crippen LogP contribution is -2.32. The lowest BCUT2D eigenvalue weighted by molar-refractivity contribution is 0.0941. The average molecular weight is 527 g/mol. The number of carbonyl (C=O) groups excluding carboxylic acids is 1. The minimum Gasteiger partial charge on any atom is -0.383 e. The molecular formula is C32H26N6O2. The molecule has 0 saturated carbocycles. The zero-order valence-electron chi connectivity index (χ0n) is 22.0. The maximum atomic E-state index is 14.3. The number of aromatic nitrogens is 4. The Hall–Kier alpha value is -5.37. The number of hydrogen-bond donors (Lipinski definition) is 2. The van der Waals surface area contributed by atoms with E-state index in [2.05, 4.69) is 20.3 Å². The second-order valence-electron chi connectivity index (χ2n) is 9.66. The van der Waals surface area contributed by atoms with Crippen LogP contribution in [-0.4, -0.2) is 25.4 Å². The molecule has 0 unspecified atom stereocenters. The van der Waals surface area contributed by atoms with Gasteiger partial charge in [0.1, 0.15) is 11.4 Å². The fraction of sp³-hybridized carbons (Fsp3) is 0.0938. The molecule has 3 N–H and O–H groups in total. The highest BCUT2D eigenvalue weighted by Crippen LogP contribution is 2.30. The molecule has 0 aliphatic heterocycles. The second kappa shape index (κ2) is 10.1. The van der Waals surface area contributed by atoms with Crippen molar-refractivity contribution in [3.8, 4) is 16.8 Å². The molecule has 1 atom stereocenters. The van der Waals surface area contributed by atoms with Gasteiger partial charge in [0.05, 0.1) is 16.9 Å². The summed E-state index contributed by atoms with van der Waals surface area (Å²) in [5, 5.41) is 5.10. The summed E-state index contributed by atoms with van der Waals surface area (Å²) in [7, 11) is 0. The summed E-state index contributed by atoms with van der Waals surface area (Å²) < 4.78 is 1.66. The molecule has 0 radical (unpaired) electrons. The van der Waals surface area contributed by atoms with Crippen LogP contribution in [0, 0.1) is 6.92 Å². The first kappa shape index (κ1) is 24.9. The van der Waals surface area contributed by atoms with Gasteiger partial charge in [-0.1, -0.05) is 36.4 Å². The minimum atomic E-state index is -0.560. The Morgan fingerprint density at radius 1 is 0.900 bits per heavy atom. The third-order valence-electron chi connectivity index (χ3n) is 6.99. The SMILES string of the molecule is Cc1cc(-c2cccc3cc([C@H](C)NC(=O)c4c(N)ncc5cccnc45)n(-c4ccccc4)c(=O)c23)ccn1. The number of rotatable bonds is 5. The number of pyridine rings is 4. The molecule has 2 aromatic carbocycles. The van der Waals surface area contributed by atoms with Crippen LogP contribution in [0.3, 0.4) is 0 Å². The van der Waals surface area contributed by atoms with E-state index in [1.54, 1.807) is 29.2 Å². The average Bonchev–Trinajstić information content (AvgIpc) is 2.97. The smallest absolute Gasteiger partial charge is 0.263 e. The van der Waals surface area contributed by atoms with Crippen LogP contribution in [0.15, 0.2) is 102 Å². The number of aryl methyl sites for hydroxylation is 1. The molecule has 0 saturated heterocycles. The molecule has 40 heavy (non-hydrogen) atoms. The summed E-state index contributed by atoms with van der Waals surface area (Å²) in [4.78, 5) is 40.7. The van der Waals surface area contributed by atoms with Crippen molar-refractivity contribution in [3.05, 3.63) is 125 Å². The van der Waals surface area contributed by atoms with Gasteiger partial charge in [-0.3, -0.25) is 24.1 Å². The summed E-state index contributed by atoms with van der Waals surface area (Å²) in [5.41, 5.74) is 10.5. The monoisotopic (exact) mass is 526 g/mol. The number of benzene rings is 2. The first-order valence-corrected chi connectivity index (χ1v) is 12.9. The highest BCUT2D eigenvalue weighted by molar-refractivity contribution is 6.09. The van der Waals surface area contributed by atoms with E-state index in [4.69, 9.17) is 5.73 Å². The number of fused-ring (bicyclic) bond motifs is 2. The number of amides is 1. The molecule has 6 rings (SSSR count). The number of hydrogen-bond acceptors (Lipinski definition) is 6. The number of para-hydroxylation sites is 1. The number of anilines is 1. The Balaban J connectivity index is 1.52. The maximum absolute atomic E-state index is 14.3. The van der Waals surface area contributed by atoms with Crippen molar-refractivity contribution in [2.45, 2.75) is 19.9 Å². The van der Waals surface area contributed by atoms with Crippen LogP contribution in [0.1, 0.15) is 34.7 Å². The summed E-state index contributed by atoms with van der Waals surface area (Å²) >= 11 is 0. The van der Waals surface area contributed by atoms with Crippen molar-refractivity contribution >= 4 is 33.4 Å². The predicted octanol–water partition coefficient (Wildman–Crippen LogP) is 5.38. The molecule has 4 aromatic heterocycles. The number of nitrogens with two attached hydrogens (primary N) is 1. The Labute approximate surface area is 230 Å². The van der Waals surface area contributed by atoms with E-state index in [0.717, 1.165) is 22.2 Å². The van der Waals surface area contributed by atoms with Crippen LogP contribution >= 0.6 is 0 Å². The van der Waals surface area contributed by atoms with E-state index < -0.39 is 11.9 Å². The molecular weight excluding hydrogens is 500 g/mol. The molecule has 1 amide bonds. The summed E-state index contributed by atoms with van der Waals surface area (Å²) in [6.07, 6.45) is 4.95. The van der Waals surface area contributed by atoms with Crippen molar-refractivity contribution in [2.75, 3.05) is 5.73 Å². The van der Waals surface area contributed by atoms with E-state index in [1.807, 2.05) is 86.6 Å². The molecule has 0 bridgehead atoms. The van der Waals surface area contributed by atoms with Crippen molar-refractivity contribution in [2.24, 2.45) is 0 Å². The molecule has 8 heteroatoms. The standard InChI is InChI=1S/C32H26N6O2/c1-19-16-21(13-15-34-19)25-12-6-8-22-17-26(38(32(40)27(22)25)24-10-4-3-5-11-24)20(2)37-31(39)28-29-23(9-7-14-35-29)18-36-30(28)33/h3-18,20H,1-2H3,(H2,33,36)(H,37,39)/t20-/m0/s1. The molecule has 0 spiro atoms. The van der Waals surface area contributed by atoms with Crippen LogP contribution in [0.4, 0.5) is 5.82 Å². The lowest BCUT2D eigenvalue weighted by Gasteiger charge is -2.22. The van der Waals surface area contributed by atoms with Crippen molar-refractivity contribution < 1.29 is 4.79 Å². The Morgan fingerprint density at radius 2 is 1.70 bits per heavy atom. The van der Waals surface area contributed by atoms with Crippen molar-refractivity contribution in [3.63, 3.8) is 0 Å². The first-order valence-electron chi connectivity index (χ1n) is 12.9. The van der Waals surface area contributed by atoms with Crippen LogP contribution < -0.4 is 16.6 Å². The van der Waals surface area contributed by atoms with Gasteiger partial charge < -0.3 is 11.1 Å². The van der Waals surface area contributed by atoms with Gasteiger partial charge in [-0.15, -0.1) is 0 Å². The minimum absolute atomic E-state index is 0.0900. The zero-order valence-corrected chi connectivity index (χ0v) is 22.0. The van der Waals surface area contributed by atoms with E-state index in [1.165, 1.54) is 0 Å². The molecule has 4 heterocycles. The van der Waals surface area contributed by atoms with Crippen LogP contribution in [0.5, 0.6) is 0 Å². The largest absolute Gasteiger partial charge is 0.383 e. The number of carbonyl (C=O) groups is 1. The first-order chi connectivity index (χ1) is 19.4. The highest BCUT2D eigenvalue weighted by atomic mass is 16.2. The van der Waals surface area contributed by atoms with Gasteiger partial charge in [0.25, 0.3) is 11.5 Å². The van der Waals surface area contributed by atoms with Gasteiger partial charge in [-0.05, 0) is 72.8 Å². The van der Waals surface area contributed by atoms with Gasteiger partial charge >= 0.3 is 0 Å². The predicted molar refractivity (Wildman–Crippen MR) is 157 cm³/mol. The van der Waals surface area contributed by atoms with E-state index in [9.17, 15) is 9.59 Å². The van der Waals surface area contributed by atoms with E-state index in [0.29, 0.717) is 27.7 Å². The molecule has 0 fully saturated rings. The highest BCUT2D eigenvalue weighted by Gasteiger charge is 2.23. The maximum Gasteiger partial charge on any atom is 0.263 e. The topological polar surface area (TPSA) is 116 Å². The van der Waals surface area contributed by atoms with Crippen molar-refractivity contribution in [1.29, 1.82) is 0 Å². The number of nitrogens with zero attached hydrogens (tertiary/aromatic N) is 4. The molecule has 8 nitrogen and oxygen atoms in total.